The van der Waals surface area contributed by atoms with Crippen molar-refractivity contribution in [2.24, 2.45) is 0 Å². The number of carbonyl (C=O) groups excluding carboxylic acids is 2. The van der Waals surface area contributed by atoms with Gasteiger partial charge in [0.1, 0.15) is 24.6 Å². The summed E-state index contributed by atoms with van der Waals surface area (Å²) in [6, 6.07) is 32.8. The molecule has 0 amide bonds. The molecule has 4 aromatic rings. The molecule has 2 aliphatic rings. The lowest BCUT2D eigenvalue weighted by molar-refractivity contribution is -0.404. The Kier molecular flexibility index (Phi) is 12.2. The average Bonchev–Trinajstić information content (AvgIpc) is 3.18. The molecule has 7 nitrogen and oxygen atoms in total. The highest BCUT2D eigenvalue weighted by Crippen LogP contribution is 2.43. The minimum absolute atomic E-state index is 0.0721. The molecule has 56 heavy (non-hydrogen) atoms. The van der Waals surface area contributed by atoms with Gasteiger partial charge >= 0.3 is 11.9 Å². The SMILES string of the molecule is C=CC(=O)OCCOC(=O)c1ccccc1-c1c2ccc(=[NH+]c3c(C(C)C)cccc3C(C)C)cc-2oc2cc(Nc3c(C(C)C)cccc3C(C)C)ccc12. The number of hydrogen-bond acceptors (Lipinski definition) is 6. The van der Waals surface area contributed by atoms with Gasteiger partial charge in [0.05, 0.1) is 11.6 Å². The number of ether oxygens (including phenoxy) is 2. The number of rotatable bonds is 13. The molecule has 0 atom stereocenters. The fourth-order valence-electron chi connectivity index (χ4n) is 7.31. The van der Waals surface area contributed by atoms with Crippen molar-refractivity contribution in [1.29, 1.82) is 0 Å². The Balaban J connectivity index is 1.56. The Hall–Kier alpha value is -5.95. The normalized spacial score (nSPS) is 12.0. The summed E-state index contributed by atoms with van der Waals surface area (Å²) in [7, 11) is 0. The molecule has 7 heteroatoms. The van der Waals surface area contributed by atoms with Gasteiger partial charge < -0.3 is 19.2 Å². The average molecular weight is 750 g/mol. The number of fused-ring (bicyclic) bond motifs is 2. The number of nitrogens with one attached hydrogen (secondary N) is 2. The summed E-state index contributed by atoms with van der Waals surface area (Å²) in [5, 5.41) is 5.50. The van der Waals surface area contributed by atoms with E-state index in [0.717, 1.165) is 45.0 Å². The molecular weight excluding hydrogens is 697 g/mol. The van der Waals surface area contributed by atoms with Gasteiger partial charge in [-0.25, -0.2) is 14.6 Å². The summed E-state index contributed by atoms with van der Waals surface area (Å²) in [6.45, 7) is 21.0. The van der Waals surface area contributed by atoms with E-state index in [4.69, 9.17) is 13.9 Å². The third-order valence-electron chi connectivity index (χ3n) is 10.2. The van der Waals surface area contributed by atoms with E-state index in [0.29, 0.717) is 46.1 Å². The van der Waals surface area contributed by atoms with Crippen LogP contribution in [0.15, 0.2) is 114 Å². The van der Waals surface area contributed by atoms with Crippen molar-refractivity contribution in [3.63, 3.8) is 0 Å². The molecule has 0 radical (unpaired) electrons. The van der Waals surface area contributed by atoms with Crippen LogP contribution in [-0.2, 0) is 14.3 Å². The number of para-hydroxylation sites is 2. The van der Waals surface area contributed by atoms with Crippen LogP contribution in [-0.4, -0.2) is 25.2 Å². The molecule has 0 spiro atoms. The van der Waals surface area contributed by atoms with Gasteiger partial charge in [-0.15, -0.1) is 0 Å². The first-order valence-corrected chi connectivity index (χ1v) is 19.6. The molecule has 1 aliphatic heterocycles. The zero-order valence-electron chi connectivity index (χ0n) is 33.8. The van der Waals surface area contributed by atoms with Crippen molar-refractivity contribution in [3.05, 3.63) is 143 Å². The Morgan fingerprint density at radius 3 is 1.93 bits per heavy atom. The van der Waals surface area contributed by atoms with Gasteiger partial charge in [-0.1, -0.05) is 117 Å². The van der Waals surface area contributed by atoms with Crippen molar-refractivity contribution in [2.75, 3.05) is 18.5 Å². The molecule has 0 saturated heterocycles. The van der Waals surface area contributed by atoms with E-state index in [1.807, 2.05) is 30.3 Å². The van der Waals surface area contributed by atoms with Crippen LogP contribution in [0.4, 0.5) is 17.1 Å². The molecule has 4 aromatic carbocycles. The molecule has 0 saturated carbocycles. The second-order valence-corrected chi connectivity index (χ2v) is 15.4. The van der Waals surface area contributed by atoms with Crippen molar-refractivity contribution in [3.8, 4) is 22.5 Å². The monoisotopic (exact) mass is 749 g/mol. The predicted molar refractivity (Wildman–Crippen MR) is 226 cm³/mol. The van der Waals surface area contributed by atoms with Gasteiger partial charge in [-0.05, 0) is 64.6 Å². The van der Waals surface area contributed by atoms with Crippen LogP contribution in [0.25, 0.3) is 33.4 Å². The van der Waals surface area contributed by atoms with Crippen LogP contribution in [0.2, 0.25) is 0 Å². The summed E-state index contributed by atoms with van der Waals surface area (Å²) in [5.41, 5.74) is 11.6. The standard InChI is InChI=1S/C49H52N2O5/c1-10-45(52)54-25-26-55-49(53)40-16-12-11-15-39(40)46-41-23-21-33(50-47-35(29(2)3)17-13-18-36(47)30(4)5)27-43(41)56-44-28-34(22-24-42(44)46)51-48-37(31(6)7)19-14-20-38(48)32(8)9/h10-24,27-32,50H,1,25-26H2,2-9H3/p+1. The van der Waals surface area contributed by atoms with E-state index in [-0.39, 0.29) is 13.2 Å². The van der Waals surface area contributed by atoms with Crippen LogP contribution < -0.4 is 15.7 Å². The number of esters is 2. The summed E-state index contributed by atoms with van der Waals surface area (Å²) >= 11 is 0. The van der Waals surface area contributed by atoms with Crippen molar-refractivity contribution in [2.45, 2.75) is 79.1 Å². The van der Waals surface area contributed by atoms with E-state index in [1.54, 1.807) is 6.07 Å². The van der Waals surface area contributed by atoms with Gasteiger partial charge in [0.25, 0.3) is 0 Å². The maximum absolute atomic E-state index is 13.7. The first-order chi connectivity index (χ1) is 26.9. The molecular formula is C49H53N2O5+. The van der Waals surface area contributed by atoms with Gasteiger partial charge in [-0.3, -0.25) is 0 Å². The molecule has 2 N–H and O–H groups in total. The predicted octanol–water partition coefficient (Wildman–Crippen LogP) is 10.6. The van der Waals surface area contributed by atoms with E-state index in [2.05, 4.69) is 133 Å². The van der Waals surface area contributed by atoms with Crippen molar-refractivity contribution in [1.82, 2.24) is 0 Å². The number of anilines is 2. The van der Waals surface area contributed by atoms with Gasteiger partial charge in [-0.2, -0.15) is 0 Å². The van der Waals surface area contributed by atoms with E-state index in [9.17, 15) is 9.59 Å². The lowest BCUT2D eigenvalue weighted by Gasteiger charge is -2.22. The molecule has 0 bridgehead atoms. The molecule has 0 fully saturated rings. The Morgan fingerprint density at radius 1 is 0.696 bits per heavy atom. The first-order valence-electron chi connectivity index (χ1n) is 19.6. The third kappa shape index (κ3) is 8.47. The fourth-order valence-corrected chi connectivity index (χ4v) is 7.31. The number of hydrogen-bond donors (Lipinski definition) is 2. The van der Waals surface area contributed by atoms with Crippen LogP contribution >= 0.6 is 0 Å². The zero-order chi connectivity index (χ0) is 40.1. The molecule has 6 rings (SSSR count). The summed E-state index contributed by atoms with van der Waals surface area (Å²) in [6.07, 6.45) is 1.08. The van der Waals surface area contributed by atoms with E-state index in [1.165, 1.54) is 22.3 Å². The lowest BCUT2D eigenvalue weighted by atomic mass is 9.90. The summed E-state index contributed by atoms with van der Waals surface area (Å²) < 4.78 is 17.5. The minimum atomic E-state index is -0.573. The van der Waals surface area contributed by atoms with E-state index >= 15 is 0 Å². The first kappa shape index (κ1) is 39.7. The van der Waals surface area contributed by atoms with Crippen LogP contribution in [0.5, 0.6) is 0 Å². The Morgan fingerprint density at radius 2 is 1.30 bits per heavy atom. The third-order valence-corrected chi connectivity index (χ3v) is 10.2. The largest absolute Gasteiger partial charge is 0.459 e. The van der Waals surface area contributed by atoms with Crippen LogP contribution in [0.1, 0.15) is 112 Å². The topological polar surface area (TPSA) is 91.7 Å². The van der Waals surface area contributed by atoms with Gasteiger partial charge in [0, 0.05) is 57.2 Å². The molecule has 1 heterocycles. The zero-order valence-corrected chi connectivity index (χ0v) is 33.8. The lowest BCUT2D eigenvalue weighted by Crippen LogP contribution is -2.71. The molecule has 0 aromatic heterocycles. The summed E-state index contributed by atoms with van der Waals surface area (Å²) in [5.74, 6) is 0.863. The highest BCUT2D eigenvalue weighted by Gasteiger charge is 2.24. The number of carbonyl (C=O) groups is 2. The highest BCUT2D eigenvalue weighted by molar-refractivity contribution is 6.08. The number of benzene rings is 5. The Labute approximate surface area is 330 Å². The van der Waals surface area contributed by atoms with Crippen molar-refractivity contribution < 1.29 is 28.5 Å². The highest BCUT2D eigenvalue weighted by atomic mass is 16.6. The molecule has 1 aliphatic carbocycles. The van der Waals surface area contributed by atoms with Crippen LogP contribution in [0, 0.1) is 0 Å². The summed E-state index contributed by atoms with van der Waals surface area (Å²) in [4.78, 5) is 29.0. The second-order valence-electron chi connectivity index (χ2n) is 15.4. The minimum Gasteiger partial charge on any atom is -0.459 e. The fraction of sp³-hybridized carbons (Fsp3) is 0.286. The second kappa shape index (κ2) is 17.2. The van der Waals surface area contributed by atoms with Crippen molar-refractivity contribution >= 4 is 40.0 Å². The molecule has 0 unspecified atom stereocenters. The maximum atomic E-state index is 13.7. The van der Waals surface area contributed by atoms with Gasteiger partial charge in [0.15, 0.2) is 0 Å². The van der Waals surface area contributed by atoms with Crippen LogP contribution in [0.3, 0.4) is 0 Å². The quantitative estimate of drug-likeness (QED) is 0.0529. The smallest absolute Gasteiger partial charge is 0.338 e. The van der Waals surface area contributed by atoms with Gasteiger partial charge in [0.2, 0.25) is 11.0 Å². The Bertz CT molecular complexity index is 2380. The molecule has 288 valence electrons. The maximum Gasteiger partial charge on any atom is 0.338 e. The van der Waals surface area contributed by atoms with E-state index < -0.39 is 11.9 Å².